The zero-order valence-corrected chi connectivity index (χ0v) is 13.3. The second kappa shape index (κ2) is 5.69. The number of nitrogens with two attached hydrogens (primary N) is 2. The molecule has 108 valence electrons. The van der Waals surface area contributed by atoms with E-state index in [4.69, 9.17) is 27.6 Å². The van der Waals surface area contributed by atoms with Crippen molar-refractivity contribution in [1.29, 1.82) is 0 Å². The van der Waals surface area contributed by atoms with Gasteiger partial charge in [-0.2, -0.15) is 0 Å². The smallest absolute Gasteiger partial charge is 0.152 e. The Morgan fingerprint density at radius 2 is 2.00 bits per heavy atom. The molecule has 3 aromatic rings. The lowest BCUT2D eigenvalue weighted by Gasteiger charge is -2.16. The number of hydrogen-bond acceptors (Lipinski definition) is 4. The molecule has 0 aliphatic rings. The van der Waals surface area contributed by atoms with Gasteiger partial charge in [0, 0.05) is 21.1 Å². The molecule has 0 bridgehead atoms. The van der Waals surface area contributed by atoms with E-state index in [0.717, 1.165) is 15.4 Å². The van der Waals surface area contributed by atoms with Gasteiger partial charge in [-0.25, -0.2) is 5.43 Å². The van der Waals surface area contributed by atoms with Crippen LogP contribution >= 0.6 is 27.5 Å². The molecule has 21 heavy (non-hydrogen) atoms. The van der Waals surface area contributed by atoms with Crippen molar-refractivity contribution in [3.05, 3.63) is 63.3 Å². The summed E-state index contributed by atoms with van der Waals surface area (Å²) in [6.45, 7) is 0. The number of nitrogens with one attached hydrogen (secondary N) is 1. The minimum atomic E-state index is -0.356. The van der Waals surface area contributed by atoms with Gasteiger partial charge in [0.15, 0.2) is 5.58 Å². The number of furan rings is 1. The normalized spacial score (nSPS) is 12.7. The molecule has 0 saturated heterocycles. The van der Waals surface area contributed by atoms with Crippen LogP contribution in [0, 0.1) is 0 Å². The predicted octanol–water partition coefficient (Wildman–Crippen LogP) is 3.98. The predicted molar refractivity (Wildman–Crippen MR) is 88.9 cm³/mol. The molecule has 0 spiro atoms. The van der Waals surface area contributed by atoms with Crippen LogP contribution in [0.5, 0.6) is 0 Å². The maximum atomic E-state index is 6.14. The molecule has 4 nitrogen and oxygen atoms in total. The molecule has 3 rings (SSSR count). The van der Waals surface area contributed by atoms with E-state index in [0.29, 0.717) is 22.1 Å². The van der Waals surface area contributed by atoms with Crippen LogP contribution in [0.3, 0.4) is 0 Å². The first-order chi connectivity index (χ1) is 10.1. The molecule has 2 aromatic carbocycles. The van der Waals surface area contributed by atoms with Crippen molar-refractivity contribution in [2.24, 2.45) is 5.84 Å². The van der Waals surface area contributed by atoms with Gasteiger partial charge in [-0.15, -0.1) is 0 Å². The Balaban J connectivity index is 2.13. The van der Waals surface area contributed by atoms with Gasteiger partial charge >= 0.3 is 0 Å². The molecule has 1 unspecified atom stereocenters. The van der Waals surface area contributed by atoms with Gasteiger partial charge in [0.2, 0.25) is 0 Å². The number of anilines is 1. The van der Waals surface area contributed by atoms with Crippen molar-refractivity contribution in [3.8, 4) is 0 Å². The molecule has 0 amide bonds. The topological polar surface area (TPSA) is 77.2 Å². The fourth-order valence-corrected chi connectivity index (χ4v) is 2.91. The summed E-state index contributed by atoms with van der Waals surface area (Å²) in [6, 6.07) is 12.8. The molecule has 1 aromatic heterocycles. The van der Waals surface area contributed by atoms with Crippen molar-refractivity contribution < 1.29 is 4.42 Å². The first kappa shape index (κ1) is 14.4. The minimum absolute atomic E-state index is 0.356. The van der Waals surface area contributed by atoms with Crippen molar-refractivity contribution >= 4 is 44.2 Å². The van der Waals surface area contributed by atoms with Gasteiger partial charge in [0.25, 0.3) is 0 Å². The zero-order valence-electron chi connectivity index (χ0n) is 10.9. The number of nitrogen functional groups attached to an aromatic ring is 1. The quantitative estimate of drug-likeness (QED) is 0.372. The number of halogens is 2. The molecule has 0 aliphatic carbocycles. The van der Waals surface area contributed by atoms with Crippen LogP contribution in [0.2, 0.25) is 5.02 Å². The van der Waals surface area contributed by atoms with Gasteiger partial charge in [0.1, 0.15) is 11.8 Å². The standard InChI is InChI=1S/C15H13BrClN3O/c16-9-4-5-12(18)10(7-9)14(20-19)13-6-8-2-1-3-11(17)15(8)21-13/h1-7,14,20H,18-19H2. The summed E-state index contributed by atoms with van der Waals surface area (Å²) in [5.41, 5.74) is 10.9. The fraction of sp³-hybridized carbons (Fsp3) is 0.0667. The molecule has 5 N–H and O–H groups in total. The lowest BCUT2D eigenvalue weighted by atomic mass is 10.0. The largest absolute Gasteiger partial charge is 0.457 e. The van der Waals surface area contributed by atoms with Crippen molar-refractivity contribution in [2.75, 3.05) is 5.73 Å². The first-order valence-electron chi connectivity index (χ1n) is 6.29. The molecule has 0 radical (unpaired) electrons. The number of hydrazine groups is 1. The summed E-state index contributed by atoms with van der Waals surface area (Å²) < 4.78 is 6.77. The van der Waals surface area contributed by atoms with Crippen molar-refractivity contribution in [1.82, 2.24) is 5.43 Å². The summed E-state index contributed by atoms with van der Waals surface area (Å²) in [6.07, 6.45) is 0. The highest BCUT2D eigenvalue weighted by Crippen LogP contribution is 2.34. The molecular weight excluding hydrogens is 354 g/mol. The molecule has 1 heterocycles. The zero-order chi connectivity index (χ0) is 15.0. The van der Waals surface area contributed by atoms with Gasteiger partial charge in [0.05, 0.1) is 5.02 Å². The molecule has 0 fully saturated rings. The monoisotopic (exact) mass is 365 g/mol. The maximum absolute atomic E-state index is 6.14. The van der Waals surface area contributed by atoms with Crippen LogP contribution < -0.4 is 17.0 Å². The maximum Gasteiger partial charge on any atom is 0.152 e. The van der Waals surface area contributed by atoms with E-state index in [-0.39, 0.29) is 6.04 Å². The summed E-state index contributed by atoms with van der Waals surface area (Å²) in [4.78, 5) is 0. The number of para-hydroxylation sites is 1. The van der Waals surface area contributed by atoms with E-state index in [1.807, 2.05) is 36.4 Å². The Kier molecular flexibility index (Phi) is 3.91. The Hall–Kier alpha value is -1.53. The highest BCUT2D eigenvalue weighted by Gasteiger charge is 2.20. The van der Waals surface area contributed by atoms with Crippen LogP contribution in [-0.4, -0.2) is 0 Å². The minimum Gasteiger partial charge on any atom is -0.457 e. The Labute approximate surface area is 135 Å². The highest BCUT2D eigenvalue weighted by molar-refractivity contribution is 9.10. The second-order valence-electron chi connectivity index (χ2n) is 4.68. The van der Waals surface area contributed by atoms with E-state index in [1.54, 1.807) is 6.07 Å². The van der Waals surface area contributed by atoms with Crippen molar-refractivity contribution in [3.63, 3.8) is 0 Å². The summed E-state index contributed by atoms with van der Waals surface area (Å²) in [7, 11) is 0. The number of benzene rings is 2. The van der Waals surface area contributed by atoms with E-state index in [2.05, 4.69) is 21.4 Å². The SMILES string of the molecule is NNC(c1cc2cccc(Cl)c2o1)c1cc(Br)ccc1N. The summed E-state index contributed by atoms with van der Waals surface area (Å²) in [5, 5.41) is 1.49. The van der Waals surface area contributed by atoms with Gasteiger partial charge in [-0.3, -0.25) is 5.84 Å². The van der Waals surface area contributed by atoms with Crippen LogP contribution in [0.25, 0.3) is 11.0 Å². The molecule has 0 saturated carbocycles. The fourth-order valence-electron chi connectivity index (χ4n) is 2.31. The van der Waals surface area contributed by atoms with E-state index in [1.165, 1.54) is 0 Å². The van der Waals surface area contributed by atoms with Crippen molar-refractivity contribution in [2.45, 2.75) is 6.04 Å². The lowest BCUT2D eigenvalue weighted by molar-refractivity contribution is 0.478. The van der Waals surface area contributed by atoms with Gasteiger partial charge in [-0.05, 0) is 30.3 Å². The van der Waals surface area contributed by atoms with Crippen LogP contribution in [0.1, 0.15) is 17.4 Å². The molecule has 6 heteroatoms. The Morgan fingerprint density at radius 3 is 2.71 bits per heavy atom. The third-order valence-corrected chi connectivity index (χ3v) is 4.12. The number of fused-ring (bicyclic) bond motifs is 1. The van der Waals surface area contributed by atoms with Gasteiger partial charge < -0.3 is 10.2 Å². The molecule has 1 atom stereocenters. The second-order valence-corrected chi connectivity index (χ2v) is 6.00. The average Bonchev–Trinajstić information content (AvgIpc) is 2.89. The molecular formula is C15H13BrClN3O. The third kappa shape index (κ3) is 2.65. The van der Waals surface area contributed by atoms with Crippen LogP contribution in [0.15, 0.2) is 51.4 Å². The highest BCUT2D eigenvalue weighted by atomic mass is 79.9. The Bertz CT molecular complexity index is 803. The van der Waals surface area contributed by atoms with Crippen LogP contribution in [0.4, 0.5) is 5.69 Å². The molecule has 0 aliphatic heterocycles. The average molecular weight is 367 g/mol. The first-order valence-corrected chi connectivity index (χ1v) is 7.46. The van der Waals surface area contributed by atoms with E-state index < -0.39 is 0 Å². The third-order valence-electron chi connectivity index (χ3n) is 3.33. The summed E-state index contributed by atoms with van der Waals surface area (Å²) >= 11 is 9.58. The summed E-state index contributed by atoms with van der Waals surface area (Å²) in [5.74, 6) is 6.36. The number of rotatable bonds is 3. The lowest BCUT2D eigenvalue weighted by Crippen LogP contribution is -2.29. The van der Waals surface area contributed by atoms with E-state index in [9.17, 15) is 0 Å². The number of hydrogen-bond donors (Lipinski definition) is 3. The van der Waals surface area contributed by atoms with Crippen LogP contribution in [-0.2, 0) is 0 Å². The Morgan fingerprint density at radius 1 is 1.19 bits per heavy atom. The van der Waals surface area contributed by atoms with Gasteiger partial charge in [-0.1, -0.05) is 39.7 Å². The van der Waals surface area contributed by atoms with E-state index >= 15 is 0 Å².